The first-order valence-electron chi connectivity index (χ1n) is 8.50. The van der Waals surface area contributed by atoms with Crippen molar-refractivity contribution < 1.29 is 14.3 Å². The van der Waals surface area contributed by atoms with Crippen molar-refractivity contribution in [2.24, 2.45) is 0 Å². The molecule has 132 valence electrons. The average molecular weight is 357 g/mol. The Labute approximate surface area is 152 Å². The van der Waals surface area contributed by atoms with Crippen molar-refractivity contribution in [3.05, 3.63) is 53.6 Å². The number of aryl methyl sites for hydroxylation is 1. The van der Waals surface area contributed by atoms with Gasteiger partial charge in [-0.1, -0.05) is 23.8 Å². The predicted molar refractivity (Wildman–Crippen MR) is 101 cm³/mol. The molecule has 0 aromatic heterocycles. The van der Waals surface area contributed by atoms with Crippen LogP contribution in [0.4, 0.5) is 0 Å². The van der Waals surface area contributed by atoms with E-state index in [1.165, 1.54) is 10.5 Å². The molecule has 1 aliphatic heterocycles. The van der Waals surface area contributed by atoms with E-state index in [1.54, 1.807) is 11.8 Å². The quantitative estimate of drug-likeness (QED) is 0.790. The lowest BCUT2D eigenvalue weighted by atomic mass is 10.1. The summed E-state index contributed by atoms with van der Waals surface area (Å²) in [6, 6.07) is 14.1. The molecule has 0 saturated heterocycles. The highest BCUT2D eigenvalue weighted by Gasteiger charge is 2.15. The zero-order valence-electron chi connectivity index (χ0n) is 14.6. The van der Waals surface area contributed by atoms with E-state index in [0.29, 0.717) is 19.6 Å². The normalized spacial score (nSPS) is 14.0. The van der Waals surface area contributed by atoms with Crippen LogP contribution in [-0.4, -0.2) is 24.9 Å². The minimum absolute atomic E-state index is 0.0574. The second-order valence-electron chi connectivity index (χ2n) is 6.10. The molecule has 0 radical (unpaired) electrons. The van der Waals surface area contributed by atoms with Gasteiger partial charge in [-0.3, -0.25) is 4.79 Å². The summed E-state index contributed by atoms with van der Waals surface area (Å²) < 4.78 is 11.1. The standard InChI is InChI=1S/C20H23NO3S/c1-14-3-6-17(7-4-14)25-12-9-20(22)21-15(2)16-5-8-18-19(13-16)24-11-10-23-18/h3-8,13,15H,9-12H2,1-2H3,(H,21,22)/t15-/m1/s1. The number of carbonyl (C=O) groups excluding carboxylic acids is 1. The van der Waals surface area contributed by atoms with Crippen molar-refractivity contribution in [3.63, 3.8) is 0 Å². The van der Waals surface area contributed by atoms with Gasteiger partial charge in [0.05, 0.1) is 6.04 Å². The molecule has 2 aromatic carbocycles. The summed E-state index contributed by atoms with van der Waals surface area (Å²) in [7, 11) is 0. The van der Waals surface area contributed by atoms with E-state index in [2.05, 4.69) is 36.5 Å². The molecule has 1 atom stereocenters. The fourth-order valence-electron chi connectivity index (χ4n) is 2.62. The zero-order chi connectivity index (χ0) is 17.6. The van der Waals surface area contributed by atoms with Crippen LogP contribution < -0.4 is 14.8 Å². The van der Waals surface area contributed by atoms with Gasteiger partial charge in [0.25, 0.3) is 0 Å². The van der Waals surface area contributed by atoms with E-state index in [9.17, 15) is 4.79 Å². The molecule has 5 heteroatoms. The first-order valence-corrected chi connectivity index (χ1v) is 9.49. The van der Waals surface area contributed by atoms with Crippen molar-refractivity contribution in [1.29, 1.82) is 0 Å². The SMILES string of the molecule is Cc1ccc(SCCC(=O)N[C@H](C)c2ccc3c(c2)OCCO3)cc1. The van der Waals surface area contributed by atoms with Crippen molar-refractivity contribution in [2.75, 3.05) is 19.0 Å². The molecule has 25 heavy (non-hydrogen) atoms. The maximum atomic E-state index is 12.2. The highest BCUT2D eigenvalue weighted by atomic mass is 32.2. The molecular formula is C20H23NO3S. The van der Waals surface area contributed by atoms with E-state index in [4.69, 9.17) is 9.47 Å². The average Bonchev–Trinajstić information content (AvgIpc) is 2.63. The number of thioether (sulfide) groups is 1. The van der Waals surface area contributed by atoms with Gasteiger partial charge in [0.2, 0.25) is 5.91 Å². The van der Waals surface area contributed by atoms with E-state index < -0.39 is 0 Å². The monoisotopic (exact) mass is 357 g/mol. The summed E-state index contributed by atoms with van der Waals surface area (Å²) in [4.78, 5) is 13.4. The Morgan fingerprint density at radius 1 is 1.12 bits per heavy atom. The van der Waals surface area contributed by atoms with E-state index in [1.807, 2.05) is 25.1 Å². The van der Waals surface area contributed by atoms with Crippen LogP contribution in [0.25, 0.3) is 0 Å². The number of hydrogen-bond acceptors (Lipinski definition) is 4. The smallest absolute Gasteiger partial charge is 0.221 e. The lowest BCUT2D eigenvalue weighted by molar-refractivity contribution is -0.121. The maximum Gasteiger partial charge on any atom is 0.221 e. The highest BCUT2D eigenvalue weighted by Crippen LogP contribution is 2.32. The molecule has 1 N–H and O–H groups in total. The van der Waals surface area contributed by atoms with Crippen molar-refractivity contribution in [3.8, 4) is 11.5 Å². The van der Waals surface area contributed by atoms with Gasteiger partial charge in [0.1, 0.15) is 13.2 Å². The van der Waals surface area contributed by atoms with Gasteiger partial charge in [0, 0.05) is 17.1 Å². The minimum atomic E-state index is -0.0623. The Kier molecular flexibility index (Phi) is 5.87. The number of carbonyl (C=O) groups is 1. The second kappa shape index (κ2) is 8.30. The summed E-state index contributed by atoms with van der Waals surface area (Å²) in [5.74, 6) is 2.34. The molecule has 0 fully saturated rings. The van der Waals surface area contributed by atoms with Crippen LogP contribution in [0.15, 0.2) is 47.4 Å². The van der Waals surface area contributed by atoms with Crippen molar-refractivity contribution in [1.82, 2.24) is 5.32 Å². The number of nitrogens with one attached hydrogen (secondary N) is 1. The summed E-state index contributed by atoms with van der Waals surface area (Å²) in [6.45, 7) is 5.20. The molecule has 0 spiro atoms. The third-order valence-electron chi connectivity index (χ3n) is 4.06. The van der Waals surface area contributed by atoms with Gasteiger partial charge in [-0.25, -0.2) is 0 Å². The van der Waals surface area contributed by atoms with Crippen LogP contribution in [0.3, 0.4) is 0 Å². The minimum Gasteiger partial charge on any atom is -0.486 e. The maximum absolute atomic E-state index is 12.2. The fourth-order valence-corrected chi connectivity index (χ4v) is 3.47. The summed E-state index contributed by atoms with van der Waals surface area (Å²) in [5, 5.41) is 3.05. The molecule has 2 aromatic rings. The number of amides is 1. The van der Waals surface area contributed by atoms with Gasteiger partial charge in [-0.2, -0.15) is 0 Å². The largest absolute Gasteiger partial charge is 0.486 e. The Bertz CT molecular complexity index is 730. The van der Waals surface area contributed by atoms with Crippen LogP contribution in [0.2, 0.25) is 0 Å². The molecule has 1 amide bonds. The Hall–Kier alpha value is -2.14. The second-order valence-corrected chi connectivity index (χ2v) is 7.27. The van der Waals surface area contributed by atoms with Gasteiger partial charge in [-0.15, -0.1) is 11.8 Å². The van der Waals surface area contributed by atoms with E-state index >= 15 is 0 Å². The molecule has 1 heterocycles. The van der Waals surface area contributed by atoms with Crippen LogP contribution in [-0.2, 0) is 4.79 Å². The molecule has 4 nitrogen and oxygen atoms in total. The third-order valence-corrected chi connectivity index (χ3v) is 5.08. The van der Waals surface area contributed by atoms with Gasteiger partial charge < -0.3 is 14.8 Å². The van der Waals surface area contributed by atoms with Crippen LogP contribution >= 0.6 is 11.8 Å². The summed E-state index contributed by atoms with van der Waals surface area (Å²) >= 11 is 1.70. The fraction of sp³-hybridized carbons (Fsp3) is 0.350. The number of rotatable bonds is 6. The molecular weight excluding hydrogens is 334 g/mol. The van der Waals surface area contributed by atoms with Crippen LogP contribution in [0, 0.1) is 6.92 Å². The molecule has 0 aliphatic carbocycles. The molecule has 1 aliphatic rings. The Balaban J connectivity index is 1.48. The van der Waals surface area contributed by atoms with Gasteiger partial charge >= 0.3 is 0 Å². The summed E-state index contributed by atoms with van der Waals surface area (Å²) in [5.41, 5.74) is 2.26. The van der Waals surface area contributed by atoms with E-state index in [0.717, 1.165) is 22.8 Å². The van der Waals surface area contributed by atoms with Gasteiger partial charge in [0.15, 0.2) is 11.5 Å². The van der Waals surface area contributed by atoms with Crippen molar-refractivity contribution in [2.45, 2.75) is 31.2 Å². The number of hydrogen-bond donors (Lipinski definition) is 1. The zero-order valence-corrected chi connectivity index (χ0v) is 15.4. The van der Waals surface area contributed by atoms with E-state index in [-0.39, 0.29) is 11.9 Å². The number of fused-ring (bicyclic) bond motifs is 1. The number of ether oxygens (including phenoxy) is 2. The van der Waals surface area contributed by atoms with Crippen LogP contribution in [0.5, 0.6) is 11.5 Å². The van der Waals surface area contributed by atoms with Crippen molar-refractivity contribution >= 4 is 17.7 Å². The Morgan fingerprint density at radius 2 is 1.84 bits per heavy atom. The van der Waals surface area contributed by atoms with Gasteiger partial charge in [-0.05, 0) is 43.7 Å². The lowest BCUT2D eigenvalue weighted by Crippen LogP contribution is -2.27. The first kappa shape index (κ1) is 17.7. The lowest BCUT2D eigenvalue weighted by Gasteiger charge is -2.21. The molecule has 3 rings (SSSR count). The molecule has 0 unspecified atom stereocenters. The van der Waals surface area contributed by atoms with Crippen LogP contribution in [0.1, 0.15) is 30.5 Å². The Morgan fingerprint density at radius 3 is 2.60 bits per heavy atom. The topological polar surface area (TPSA) is 47.6 Å². The third kappa shape index (κ3) is 4.92. The number of benzene rings is 2. The molecule has 0 bridgehead atoms. The summed E-state index contributed by atoms with van der Waals surface area (Å²) in [6.07, 6.45) is 0.493. The molecule has 0 saturated carbocycles. The highest BCUT2D eigenvalue weighted by molar-refractivity contribution is 7.99. The first-order chi connectivity index (χ1) is 12.1. The predicted octanol–water partition coefficient (Wildman–Crippen LogP) is 4.13.